The van der Waals surface area contributed by atoms with E-state index in [0.717, 1.165) is 24.2 Å². The van der Waals surface area contributed by atoms with Crippen molar-refractivity contribution in [2.75, 3.05) is 6.54 Å². The number of amides is 1. The summed E-state index contributed by atoms with van der Waals surface area (Å²) >= 11 is 0. The second-order valence-corrected chi connectivity index (χ2v) is 7.34. The van der Waals surface area contributed by atoms with E-state index in [0.29, 0.717) is 42.6 Å². The van der Waals surface area contributed by atoms with Gasteiger partial charge in [0, 0.05) is 30.0 Å². The third-order valence-corrected chi connectivity index (χ3v) is 5.83. The Morgan fingerprint density at radius 2 is 2.20 bits per heavy atom. The van der Waals surface area contributed by atoms with Crippen LogP contribution in [0.1, 0.15) is 24.2 Å². The van der Waals surface area contributed by atoms with Crippen LogP contribution in [0, 0.1) is 23.6 Å². The zero-order chi connectivity index (χ0) is 17.0. The van der Waals surface area contributed by atoms with Crippen LogP contribution in [-0.4, -0.2) is 22.5 Å². The normalized spacial score (nSPS) is 26.9. The highest BCUT2D eigenvalue weighted by Gasteiger charge is 2.42. The molecule has 1 fully saturated rings. The molecule has 0 N–H and O–H groups in total. The van der Waals surface area contributed by atoms with Gasteiger partial charge in [0.25, 0.3) is 0 Å². The van der Waals surface area contributed by atoms with Gasteiger partial charge < -0.3 is 9.42 Å². The minimum atomic E-state index is -0.299. The molecule has 0 radical (unpaired) electrons. The molecule has 1 saturated carbocycles. The number of halogens is 1. The summed E-state index contributed by atoms with van der Waals surface area (Å²) in [6.07, 6.45) is 7.23. The lowest BCUT2D eigenvalue weighted by atomic mass is 9.91. The van der Waals surface area contributed by atoms with E-state index in [2.05, 4.69) is 17.3 Å². The van der Waals surface area contributed by atoms with Gasteiger partial charge in [0.05, 0.1) is 6.54 Å². The first kappa shape index (κ1) is 14.9. The van der Waals surface area contributed by atoms with E-state index < -0.39 is 0 Å². The summed E-state index contributed by atoms with van der Waals surface area (Å²) in [6, 6.07) is 6.36. The number of nitrogens with zero attached hydrogens (tertiary/aromatic N) is 2. The minimum absolute atomic E-state index is 0.119. The number of carbonyl (C=O) groups is 1. The molecule has 3 aliphatic rings. The monoisotopic (exact) mass is 338 g/mol. The molecule has 2 aromatic rings. The van der Waals surface area contributed by atoms with E-state index in [1.54, 1.807) is 6.07 Å². The van der Waals surface area contributed by atoms with Crippen LogP contribution in [0.2, 0.25) is 0 Å². The molecule has 1 aromatic carbocycles. The van der Waals surface area contributed by atoms with Gasteiger partial charge in [-0.3, -0.25) is 4.79 Å². The number of hydrogen-bond acceptors (Lipinski definition) is 3. The van der Waals surface area contributed by atoms with Crippen molar-refractivity contribution in [3.63, 3.8) is 0 Å². The predicted octanol–water partition coefficient (Wildman–Crippen LogP) is 3.58. The Hall–Kier alpha value is -2.43. The van der Waals surface area contributed by atoms with Crippen molar-refractivity contribution in [2.24, 2.45) is 17.8 Å². The fraction of sp³-hybridized carbons (Fsp3) is 0.400. The lowest BCUT2D eigenvalue weighted by molar-refractivity contribution is -0.137. The number of allylic oxidation sites excluding steroid dienone is 2. The molecule has 3 atom stereocenters. The number of fused-ring (bicyclic) bond motifs is 3. The molecule has 5 rings (SSSR count). The minimum Gasteiger partial charge on any atom is -0.360 e. The molecule has 1 aromatic heterocycles. The number of benzene rings is 1. The molecule has 25 heavy (non-hydrogen) atoms. The van der Waals surface area contributed by atoms with E-state index in [1.807, 2.05) is 11.0 Å². The van der Waals surface area contributed by atoms with E-state index in [4.69, 9.17) is 4.52 Å². The molecule has 2 aliphatic carbocycles. The summed E-state index contributed by atoms with van der Waals surface area (Å²) in [6.45, 7) is 1.17. The highest BCUT2D eigenvalue weighted by molar-refractivity contribution is 5.81. The summed E-state index contributed by atoms with van der Waals surface area (Å²) in [5.74, 6) is 1.87. The van der Waals surface area contributed by atoms with Crippen molar-refractivity contribution in [1.29, 1.82) is 0 Å². The lowest BCUT2D eigenvalue weighted by Crippen LogP contribution is -2.40. The maximum atomic E-state index is 13.6. The van der Waals surface area contributed by atoms with Gasteiger partial charge in [0.15, 0.2) is 0 Å². The summed E-state index contributed by atoms with van der Waals surface area (Å²) in [4.78, 5) is 14.9. The van der Waals surface area contributed by atoms with E-state index in [1.165, 1.54) is 12.1 Å². The van der Waals surface area contributed by atoms with Gasteiger partial charge in [0.1, 0.15) is 17.3 Å². The van der Waals surface area contributed by atoms with Gasteiger partial charge in [0.2, 0.25) is 5.91 Å². The Morgan fingerprint density at radius 3 is 2.96 bits per heavy atom. The van der Waals surface area contributed by atoms with Crippen LogP contribution in [0.15, 0.2) is 40.9 Å². The Kier molecular flexibility index (Phi) is 3.30. The number of carbonyl (C=O) groups excluding carboxylic acids is 1. The van der Waals surface area contributed by atoms with Crippen molar-refractivity contribution in [2.45, 2.75) is 25.8 Å². The van der Waals surface area contributed by atoms with Gasteiger partial charge in [-0.1, -0.05) is 29.4 Å². The quantitative estimate of drug-likeness (QED) is 0.786. The van der Waals surface area contributed by atoms with E-state index >= 15 is 0 Å². The highest BCUT2D eigenvalue weighted by atomic mass is 19.1. The van der Waals surface area contributed by atoms with Crippen molar-refractivity contribution < 1.29 is 13.7 Å². The lowest BCUT2D eigenvalue weighted by Gasteiger charge is -2.30. The molecule has 0 unspecified atom stereocenters. The van der Waals surface area contributed by atoms with E-state index in [-0.39, 0.29) is 17.6 Å². The topological polar surface area (TPSA) is 46.3 Å². The molecule has 1 amide bonds. The molecule has 1 aliphatic heterocycles. The third kappa shape index (κ3) is 2.41. The summed E-state index contributed by atoms with van der Waals surface area (Å²) in [7, 11) is 0. The Morgan fingerprint density at radius 1 is 1.28 bits per heavy atom. The molecule has 0 saturated heterocycles. The standard InChI is InChI=1S/C20H19FN2O2/c21-15-3-1-2-14(10-15)19-17-11-23(7-6-18(17)25-22-19)20(24)16-9-12-4-5-13(16)8-12/h1-5,10,12-13,16H,6-9,11H2/t12-,13+,16+/m0/s1. The summed E-state index contributed by atoms with van der Waals surface area (Å²) < 4.78 is 19.0. The predicted molar refractivity (Wildman–Crippen MR) is 89.9 cm³/mol. The summed E-state index contributed by atoms with van der Waals surface area (Å²) in [5, 5.41) is 4.15. The van der Waals surface area contributed by atoms with Crippen molar-refractivity contribution in [3.8, 4) is 11.3 Å². The summed E-state index contributed by atoms with van der Waals surface area (Å²) in [5.41, 5.74) is 2.27. The fourth-order valence-electron chi connectivity index (χ4n) is 4.56. The Labute approximate surface area is 145 Å². The number of rotatable bonds is 2. The number of hydrogen-bond donors (Lipinski definition) is 0. The molecule has 0 spiro atoms. The largest absolute Gasteiger partial charge is 0.360 e. The first-order valence-corrected chi connectivity index (χ1v) is 8.89. The van der Waals surface area contributed by atoms with Crippen LogP contribution in [0.4, 0.5) is 4.39 Å². The van der Waals surface area contributed by atoms with Crippen molar-refractivity contribution >= 4 is 5.91 Å². The maximum absolute atomic E-state index is 13.6. The molecule has 2 bridgehead atoms. The van der Waals surface area contributed by atoms with Gasteiger partial charge in [-0.15, -0.1) is 0 Å². The number of aromatic nitrogens is 1. The van der Waals surface area contributed by atoms with Crippen LogP contribution >= 0.6 is 0 Å². The second-order valence-electron chi connectivity index (χ2n) is 7.34. The maximum Gasteiger partial charge on any atom is 0.226 e. The Balaban J connectivity index is 1.42. The average Bonchev–Trinajstić information content (AvgIpc) is 3.35. The van der Waals surface area contributed by atoms with Crippen LogP contribution in [0.5, 0.6) is 0 Å². The highest BCUT2D eigenvalue weighted by Crippen LogP contribution is 2.44. The molecular weight excluding hydrogens is 319 g/mol. The molecule has 128 valence electrons. The van der Waals surface area contributed by atoms with Gasteiger partial charge in [-0.2, -0.15) is 0 Å². The first-order valence-electron chi connectivity index (χ1n) is 8.89. The van der Waals surface area contributed by atoms with E-state index in [9.17, 15) is 9.18 Å². The average molecular weight is 338 g/mol. The zero-order valence-corrected chi connectivity index (χ0v) is 13.8. The van der Waals surface area contributed by atoms with Crippen LogP contribution in [0.25, 0.3) is 11.3 Å². The zero-order valence-electron chi connectivity index (χ0n) is 13.8. The molecule has 4 nitrogen and oxygen atoms in total. The second kappa shape index (κ2) is 5.55. The molecule has 5 heteroatoms. The van der Waals surface area contributed by atoms with Crippen LogP contribution in [0.3, 0.4) is 0 Å². The first-order chi connectivity index (χ1) is 12.2. The van der Waals surface area contributed by atoms with Gasteiger partial charge in [-0.25, -0.2) is 4.39 Å². The van der Waals surface area contributed by atoms with Crippen LogP contribution in [-0.2, 0) is 17.8 Å². The SMILES string of the molecule is O=C([C@@H]1C[C@H]2C=C[C@@H]1C2)N1CCc2onc(-c3cccc(F)c3)c2C1. The molecule has 2 heterocycles. The van der Waals surface area contributed by atoms with Gasteiger partial charge in [-0.05, 0) is 36.8 Å². The smallest absolute Gasteiger partial charge is 0.226 e. The fourth-order valence-corrected chi connectivity index (χ4v) is 4.56. The third-order valence-electron chi connectivity index (χ3n) is 5.83. The Bertz CT molecular complexity index is 872. The van der Waals surface area contributed by atoms with Gasteiger partial charge >= 0.3 is 0 Å². The molecular formula is C20H19FN2O2. The van der Waals surface area contributed by atoms with Crippen molar-refractivity contribution in [3.05, 3.63) is 53.6 Å². The van der Waals surface area contributed by atoms with Crippen LogP contribution < -0.4 is 0 Å². The van der Waals surface area contributed by atoms with Crippen molar-refractivity contribution in [1.82, 2.24) is 10.1 Å².